The average molecular weight is 315 g/mol. The van der Waals surface area contributed by atoms with Crippen LogP contribution in [0.3, 0.4) is 0 Å². The number of hydrogen-bond acceptors (Lipinski definition) is 3. The zero-order valence-electron chi connectivity index (χ0n) is 14.7. The second-order valence-corrected chi connectivity index (χ2v) is 6.17. The van der Waals surface area contributed by atoms with E-state index in [1.807, 2.05) is 13.8 Å². The molecule has 1 amide bonds. The minimum Gasteiger partial charge on any atom is -0.481 e. The molecular formula is C18H25N3O2. The zero-order chi connectivity index (χ0) is 17.1. The minimum atomic E-state index is -0.149. The summed E-state index contributed by atoms with van der Waals surface area (Å²) in [6, 6.07) is 6.49. The molecule has 0 bridgehead atoms. The molecule has 1 aromatic heterocycles. The van der Waals surface area contributed by atoms with Crippen LogP contribution in [0.5, 0.6) is 5.88 Å². The first-order chi connectivity index (χ1) is 10.8. The Hall–Kier alpha value is -2.30. The second-order valence-electron chi connectivity index (χ2n) is 6.17. The number of aromatic nitrogens is 2. The largest absolute Gasteiger partial charge is 0.481 e. The summed E-state index contributed by atoms with van der Waals surface area (Å²) < 4.78 is 6.87. The molecule has 5 heteroatoms. The van der Waals surface area contributed by atoms with E-state index >= 15 is 0 Å². The van der Waals surface area contributed by atoms with Crippen molar-refractivity contribution in [2.75, 3.05) is 7.11 Å². The molecule has 2 aromatic rings. The summed E-state index contributed by atoms with van der Waals surface area (Å²) in [7, 11) is 3.31. The number of carbonyl (C=O) groups excluding carboxylic acids is 1. The summed E-state index contributed by atoms with van der Waals surface area (Å²) in [6.07, 6.45) is 0.788. The monoisotopic (exact) mass is 315 g/mol. The number of nitrogens with one attached hydrogen (secondary N) is 1. The van der Waals surface area contributed by atoms with Gasteiger partial charge in [-0.1, -0.05) is 29.3 Å². The fourth-order valence-corrected chi connectivity index (χ4v) is 3.02. The van der Waals surface area contributed by atoms with Gasteiger partial charge in [-0.3, -0.25) is 4.79 Å². The fourth-order valence-electron chi connectivity index (χ4n) is 3.02. The number of hydrogen-bond donors (Lipinski definition) is 1. The number of rotatable bonds is 5. The molecule has 5 nitrogen and oxygen atoms in total. The van der Waals surface area contributed by atoms with Crippen molar-refractivity contribution in [2.45, 2.75) is 40.2 Å². The molecule has 0 spiro atoms. The van der Waals surface area contributed by atoms with Crippen LogP contribution < -0.4 is 10.1 Å². The van der Waals surface area contributed by atoms with Crippen LogP contribution >= 0.6 is 0 Å². The molecule has 1 N–H and O–H groups in total. The van der Waals surface area contributed by atoms with E-state index in [1.165, 1.54) is 16.7 Å². The van der Waals surface area contributed by atoms with Gasteiger partial charge >= 0.3 is 0 Å². The Balaban J connectivity index is 2.11. The van der Waals surface area contributed by atoms with Gasteiger partial charge in [0.15, 0.2) is 0 Å². The predicted molar refractivity (Wildman–Crippen MR) is 91.0 cm³/mol. The lowest BCUT2D eigenvalue weighted by Crippen LogP contribution is -2.34. The van der Waals surface area contributed by atoms with Gasteiger partial charge in [0.25, 0.3) is 5.91 Å². The molecular weight excluding hydrogens is 290 g/mol. The van der Waals surface area contributed by atoms with E-state index < -0.39 is 0 Å². The van der Waals surface area contributed by atoms with Gasteiger partial charge in [-0.15, -0.1) is 0 Å². The van der Waals surface area contributed by atoms with Crippen LogP contribution in [-0.2, 0) is 13.5 Å². The smallest absolute Gasteiger partial charge is 0.258 e. The molecule has 23 heavy (non-hydrogen) atoms. The number of ether oxygens (including phenoxy) is 1. The summed E-state index contributed by atoms with van der Waals surface area (Å²) in [5.41, 5.74) is 4.87. The molecule has 1 heterocycles. The van der Waals surface area contributed by atoms with Crippen molar-refractivity contribution in [3.63, 3.8) is 0 Å². The highest BCUT2D eigenvalue weighted by Crippen LogP contribution is 2.21. The SMILES string of the molecule is COc1c(C(=O)NC(C)Cc2cc(C)cc(C)c2)c(C)nn1C. The van der Waals surface area contributed by atoms with Gasteiger partial charge in [0.1, 0.15) is 5.56 Å². The number of aryl methyl sites for hydroxylation is 4. The summed E-state index contributed by atoms with van der Waals surface area (Å²) in [4.78, 5) is 12.5. The molecule has 0 aliphatic heterocycles. The number of methoxy groups -OCH3 is 1. The quantitative estimate of drug-likeness (QED) is 0.923. The van der Waals surface area contributed by atoms with Crippen molar-refractivity contribution in [3.05, 3.63) is 46.1 Å². The summed E-state index contributed by atoms with van der Waals surface area (Å²) in [5, 5.41) is 7.29. The highest BCUT2D eigenvalue weighted by atomic mass is 16.5. The number of amides is 1. The summed E-state index contributed by atoms with van der Waals surface area (Å²) in [5.74, 6) is 0.336. The maximum atomic E-state index is 12.5. The molecule has 0 saturated heterocycles. The van der Waals surface area contributed by atoms with E-state index in [1.54, 1.807) is 18.8 Å². The van der Waals surface area contributed by atoms with E-state index in [0.717, 1.165) is 6.42 Å². The normalized spacial score (nSPS) is 12.1. The lowest BCUT2D eigenvalue weighted by Gasteiger charge is -2.15. The van der Waals surface area contributed by atoms with Crippen LogP contribution in [0.15, 0.2) is 18.2 Å². The van der Waals surface area contributed by atoms with Crippen molar-refractivity contribution in [1.82, 2.24) is 15.1 Å². The first kappa shape index (κ1) is 17.1. The maximum absolute atomic E-state index is 12.5. The summed E-state index contributed by atoms with van der Waals surface area (Å²) in [6.45, 7) is 7.99. The molecule has 124 valence electrons. The summed E-state index contributed by atoms with van der Waals surface area (Å²) >= 11 is 0. The minimum absolute atomic E-state index is 0.0213. The molecule has 0 aliphatic rings. The highest BCUT2D eigenvalue weighted by Gasteiger charge is 2.22. The van der Waals surface area contributed by atoms with E-state index in [0.29, 0.717) is 17.1 Å². The third-order valence-electron chi connectivity index (χ3n) is 3.79. The van der Waals surface area contributed by atoms with Crippen LogP contribution in [0, 0.1) is 20.8 Å². The van der Waals surface area contributed by atoms with Gasteiger partial charge in [-0.05, 0) is 39.7 Å². The Morgan fingerprint density at radius 3 is 2.43 bits per heavy atom. The van der Waals surface area contributed by atoms with E-state index in [9.17, 15) is 4.79 Å². The van der Waals surface area contributed by atoms with Crippen molar-refractivity contribution < 1.29 is 9.53 Å². The van der Waals surface area contributed by atoms with Gasteiger partial charge in [-0.25, -0.2) is 4.68 Å². The number of nitrogens with zero attached hydrogens (tertiary/aromatic N) is 2. The van der Waals surface area contributed by atoms with E-state index in [4.69, 9.17) is 4.74 Å². The highest BCUT2D eigenvalue weighted by molar-refractivity contribution is 5.97. The third-order valence-corrected chi connectivity index (χ3v) is 3.79. The van der Waals surface area contributed by atoms with Crippen LogP contribution in [0.2, 0.25) is 0 Å². The number of benzene rings is 1. The maximum Gasteiger partial charge on any atom is 0.258 e. The first-order valence-electron chi connectivity index (χ1n) is 7.77. The second kappa shape index (κ2) is 6.86. The average Bonchev–Trinajstić information content (AvgIpc) is 2.71. The molecule has 0 aliphatic carbocycles. The van der Waals surface area contributed by atoms with Gasteiger partial charge < -0.3 is 10.1 Å². The Morgan fingerprint density at radius 1 is 1.26 bits per heavy atom. The Bertz CT molecular complexity index is 699. The molecule has 2 rings (SSSR count). The molecule has 0 saturated carbocycles. The lowest BCUT2D eigenvalue weighted by atomic mass is 10.0. The third kappa shape index (κ3) is 3.92. The predicted octanol–water partition coefficient (Wildman–Crippen LogP) is 2.71. The van der Waals surface area contributed by atoms with Gasteiger partial charge in [-0.2, -0.15) is 5.10 Å². The van der Waals surface area contributed by atoms with Crippen LogP contribution in [-0.4, -0.2) is 28.8 Å². The Morgan fingerprint density at radius 2 is 1.87 bits per heavy atom. The Kier molecular flexibility index (Phi) is 5.08. The molecule has 0 fully saturated rings. The van der Waals surface area contributed by atoms with Crippen molar-refractivity contribution in [2.24, 2.45) is 7.05 Å². The molecule has 1 aromatic carbocycles. The van der Waals surface area contributed by atoms with Crippen molar-refractivity contribution >= 4 is 5.91 Å². The fraction of sp³-hybridized carbons (Fsp3) is 0.444. The van der Waals surface area contributed by atoms with E-state index in [2.05, 4.69) is 42.5 Å². The molecule has 1 unspecified atom stereocenters. The first-order valence-corrected chi connectivity index (χ1v) is 7.77. The van der Waals surface area contributed by atoms with Crippen LogP contribution in [0.1, 0.15) is 39.7 Å². The van der Waals surface area contributed by atoms with Crippen LogP contribution in [0.4, 0.5) is 0 Å². The lowest BCUT2D eigenvalue weighted by molar-refractivity contribution is 0.0936. The standard InChI is InChI=1S/C18H25N3O2/c1-11-7-12(2)9-15(8-11)10-13(3)19-17(22)16-14(4)20-21(5)18(16)23-6/h7-9,13H,10H2,1-6H3,(H,19,22). The van der Waals surface area contributed by atoms with Gasteiger partial charge in [0.2, 0.25) is 5.88 Å². The van der Waals surface area contributed by atoms with E-state index in [-0.39, 0.29) is 11.9 Å². The van der Waals surface area contributed by atoms with Gasteiger partial charge in [0.05, 0.1) is 12.8 Å². The van der Waals surface area contributed by atoms with Crippen molar-refractivity contribution in [3.8, 4) is 5.88 Å². The van der Waals surface area contributed by atoms with Crippen LogP contribution in [0.25, 0.3) is 0 Å². The zero-order valence-corrected chi connectivity index (χ0v) is 14.7. The topological polar surface area (TPSA) is 56.1 Å². The van der Waals surface area contributed by atoms with Crippen molar-refractivity contribution in [1.29, 1.82) is 0 Å². The van der Waals surface area contributed by atoms with Gasteiger partial charge in [0, 0.05) is 13.1 Å². The number of carbonyl (C=O) groups is 1. The Labute approximate surface area is 137 Å². The molecule has 0 radical (unpaired) electrons. The molecule has 1 atom stereocenters.